The zero-order valence-corrected chi connectivity index (χ0v) is 9.67. The Morgan fingerprint density at radius 2 is 2.07 bits per heavy atom. The van der Waals surface area contributed by atoms with Crippen molar-refractivity contribution in [2.24, 2.45) is 7.05 Å². The number of nitrogen functional groups attached to an aromatic ring is 1. The minimum atomic E-state index is 0.465. The smallest absolute Gasteiger partial charge is 0.126 e. The highest BCUT2D eigenvalue weighted by molar-refractivity contribution is 5.40. The fourth-order valence-corrected chi connectivity index (χ4v) is 1.59. The Hall–Kier alpha value is -0.990. The normalized spacial score (nSPS) is 13.1. The molecule has 1 atom stereocenters. The maximum atomic E-state index is 6.01. The van der Waals surface area contributed by atoms with E-state index in [2.05, 4.69) is 25.8 Å². The number of aromatic nitrogens is 2. The fourth-order valence-electron chi connectivity index (χ4n) is 1.59. The van der Waals surface area contributed by atoms with Crippen LogP contribution in [0, 0.1) is 0 Å². The largest absolute Gasteiger partial charge is 0.384 e. The van der Waals surface area contributed by atoms with Crippen LogP contribution in [0.3, 0.4) is 0 Å². The van der Waals surface area contributed by atoms with Gasteiger partial charge in [0, 0.05) is 19.4 Å². The Morgan fingerprint density at radius 1 is 1.43 bits per heavy atom. The molecule has 0 saturated carbocycles. The van der Waals surface area contributed by atoms with E-state index in [9.17, 15) is 0 Å². The van der Waals surface area contributed by atoms with Crippen molar-refractivity contribution in [3.05, 3.63) is 11.5 Å². The highest BCUT2D eigenvalue weighted by atomic mass is 15.1. The van der Waals surface area contributed by atoms with Crippen molar-refractivity contribution in [1.29, 1.82) is 0 Å². The van der Waals surface area contributed by atoms with Gasteiger partial charge in [-0.2, -0.15) is 0 Å². The molecule has 0 aromatic carbocycles. The SMILES string of the molecule is CCCc1nc(C(C)CC)c(N)n1C. The predicted octanol–water partition coefficient (Wildman–Crippen LogP) is 2.47. The van der Waals surface area contributed by atoms with Gasteiger partial charge in [0.15, 0.2) is 0 Å². The molecule has 2 N–H and O–H groups in total. The molecule has 14 heavy (non-hydrogen) atoms. The summed E-state index contributed by atoms with van der Waals surface area (Å²) in [7, 11) is 2.00. The van der Waals surface area contributed by atoms with Crippen molar-refractivity contribution in [2.45, 2.75) is 46.0 Å². The summed E-state index contributed by atoms with van der Waals surface area (Å²) in [6, 6.07) is 0. The molecule has 0 aliphatic rings. The Labute approximate surface area is 86.3 Å². The van der Waals surface area contributed by atoms with E-state index in [1.807, 2.05) is 11.6 Å². The molecule has 3 heteroatoms. The van der Waals surface area contributed by atoms with Crippen molar-refractivity contribution < 1.29 is 0 Å². The lowest BCUT2D eigenvalue weighted by molar-refractivity contribution is 0.709. The summed E-state index contributed by atoms with van der Waals surface area (Å²) in [6.45, 7) is 6.50. The monoisotopic (exact) mass is 195 g/mol. The number of aryl methyl sites for hydroxylation is 1. The molecule has 1 rings (SSSR count). The van der Waals surface area contributed by atoms with Gasteiger partial charge in [0.05, 0.1) is 5.69 Å². The first-order valence-electron chi connectivity index (χ1n) is 5.42. The van der Waals surface area contributed by atoms with E-state index in [4.69, 9.17) is 5.73 Å². The van der Waals surface area contributed by atoms with Crippen LogP contribution in [0.2, 0.25) is 0 Å². The maximum absolute atomic E-state index is 6.01. The van der Waals surface area contributed by atoms with Crippen LogP contribution in [0.25, 0.3) is 0 Å². The maximum Gasteiger partial charge on any atom is 0.126 e. The molecule has 0 bridgehead atoms. The third-order valence-electron chi connectivity index (χ3n) is 2.81. The van der Waals surface area contributed by atoms with E-state index in [1.165, 1.54) is 0 Å². The van der Waals surface area contributed by atoms with Crippen LogP contribution in [0.5, 0.6) is 0 Å². The van der Waals surface area contributed by atoms with Crippen molar-refractivity contribution in [3.8, 4) is 0 Å². The topological polar surface area (TPSA) is 43.8 Å². The van der Waals surface area contributed by atoms with Gasteiger partial charge < -0.3 is 10.3 Å². The van der Waals surface area contributed by atoms with Crippen molar-refractivity contribution >= 4 is 5.82 Å². The van der Waals surface area contributed by atoms with Gasteiger partial charge in [0.1, 0.15) is 11.6 Å². The second kappa shape index (κ2) is 4.49. The van der Waals surface area contributed by atoms with Gasteiger partial charge >= 0.3 is 0 Å². The van der Waals surface area contributed by atoms with Crippen LogP contribution in [0.4, 0.5) is 5.82 Å². The number of hydrogen-bond acceptors (Lipinski definition) is 2. The quantitative estimate of drug-likeness (QED) is 0.802. The predicted molar refractivity (Wildman–Crippen MR) is 60.3 cm³/mol. The number of nitrogens with zero attached hydrogens (tertiary/aromatic N) is 2. The molecule has 1 heterocycles. The second-order valence-corrected chi connectivity index (χ2v) is 3.92. The third kappa shape index (κ3) is 1.91. The highest BCUT2D eigenvalue weighted by Gasteiger charge is 2.15. The van der Waals surface area contributed by atoms with Crippen LogP contribution in [0.1, 0.15) is 51.0 Å². The molecular formula is C11H21N3. The summed E-state index contributed by atoms with van der Waals surface area (Å²) >= 11 is 0. The number of imidazole rings is 1. The summed E-state index contributed by atoms with van der Waals surface area (Å²) in [5.74, 6) is 2.41. The molecule has 0 amide bonds. The zero-order valence-electron chi connectivity index (χ0n) is 9.67. The van der Waals surface area contributed by atoms with E-state index in [1.54, 1.807) is 0 Å². The van der Waals surface area contributed by atoms with Crippen molar-refractivity contribution in [3.63, 3.8) is 0 Å². The van der Waals surface area contributed by atoms with Gasteiger partial charge in [-0.1, -0.05) is 20.8 Å². The summed E-state index contributed by atoms with van der Waals surface area (Å²) in [4.78, 5) is 4.61. The molecular weight excluding hydrogens is 174 g/mol. The van der Waals surface area contributed by atoms with E-state index >= 15 is 0 Å². The molecule has 0 aliphatic carbocycles. The summed E-state index contributed by atoms with van der Waals surface area (Å²) in [5.41, 5.74) is 7.08. The Balaban J connectivity index is 3.01. The lowest BCUT2D eigenvalue weighted by Gasteiger charge is -2.05. The van der Waals surface area contributed by atoms with Crippen LogP contribution >= 0.6 is 0 Å². The van der Waals surface area contributed by atoms with Gasteiger partial charge in [0.2, 0.25) is 0 Å². The number of rotatable bonds is 4. The first-order valence-corrected chi connectivity index (χ1v) is 5.42. The van der Waals surface area contributed by atoms with Crippen LogP contribution in [-0.4, -0.2) is 9.55 Å². The number of anilines is 1. The molecule has 80 valence electrons. The molecule has 0 aliphatic heterocycles. The molecule has 0 fully saturated rings. The molecule has 0 saturated heterocycles. The fraction of sp³-hybridized carbons (Fsp3) is 0.727. The Bertz CT molecular complexity index is 302. The average Bonchev–Trinajstić information content (AvgIpc) is 2.46. The molecule has 1 aromatic rings. The second-order valence-electron chi connectivity index (χ2n) is 3.92. The summed E-state index contributed by atoms with van der Waals surface area (Å²) < 4.78 is 2.02. The molecule has 3 nitrogen and oxygen atoms in total. The van der Waals surface area contributed by atoms with E-state index < -0.39 is 0 Å². The van der Waals surface area contributed by atoms with E-state index in [0.717, 1.165) is 36.6 Å². The average molecular weight is 195 g/mol. The number of nitrogens with two attached hydrogens (primary N) is 1. The molecule has 0 spiro atoms. The Kier molecular flexibility index (Phi) is 3.55. The summed E-state index contributed by atoms with van der Waals surface area (Å²) in [6.07, 6.45) is 3.22. The zero-order chi connectivity index (χ0) is 10.7. The minimum absolute atomic E-state index is 0.465. The van der Waals surface area contributed by atoms with Crippen LogP contribution in [-0.2, 0) is 13.5 Å². The van der Waals surface area contributed by atoms with Gasteiger partial charge in [-0.05, 0) is 12.8 Å². The van der Waals surface area contributed by atoms with Gasteiger partial charge in [0.25, 0.3) is 0 Å². The molecule has 1 aromatic heterocycles. The van der Waals surface area contributed by atoms with Crippen molar-refractivity contribution in [1.82, 2.24) is 9.55 Å². The first kappa shape index (κ1) is 11.1. The summed E-state index contributed by atoms with van der Waals surface area (Å²) in [5, 5.41) is 0. The number of hydrogen-bond donors (Lipinski definition) is 1. The minimum Gasteiger partial charge on any atom is -0.384 e. The van der Waals surface area contributed by atoms with Crippen molar-refractivity contribution in [2.75, 3.05) is 5.73 Å². The highest BCUT2D eigenvalue weighted by Crippen LogP contribution is 2.24. The van der Waals surface area contributed by atoms with Crippen LogP contribution < -0.4 is 5.73 Å². The lowest BCUT2D eigenvalue weighted by Crippen LogP contribution is -2.02. The third-order valence-corrected chi connectivity index (χ3v) is 2.81. The van der Waals surface area contributed by atoms with Crippen LogP contribution in [0.15, 0.2) is 0 Å². The van der Waals surface area contributed by atoms with Gasteiger partial charge in [-0.15, -0.1) is 0 Å². The molecule has 1 unspecified atom stereocenters. The Morgan fingerprint density at radius 3 is 2.57 bits per heavy atom. The lowest BCUT2D eigenvalue weighted by atomic mass is 10.1. The molecule has 0 radical (unpaired) electrons. The van der Waals surface area contributed by atoms with Gasteiger partial charge in [-0.25, -0.2) is 4.98 Å². The standard InChI is InChI=1S/C11H21N3/c1-5-7-9-13-10(8(3)6-2)11(12)14(9)4/h8H,5-7,12H2,1-4H3. The van der Waals surface area contributed by atoms with Gasteiger partial charge in [-0.3, -0.25) is 0 Å². The van der Waals surface area contributed by atoms with E-state index in [-0.39, 0.29) is 0 Å². The first-order chi connectivity index (χ1) is 6.61. The van der Waals surface area contributed by atoms with E-state index in [0.29, 0.717) is 5.92 Å².